The molecule has 0 atom stereocenters. The van der Waals surface area contributed by atoms with Gasteiger partial charge < -0.3 is 0 Å². The Hall–Kier alpha value is -0.440. The molecule has 20 heavy (non-hydrogen) atoms. The number of nitroso groups, excluding NO2 is 1. The van der Waals surface area contributed by atoms with E-state index in [1.165, 1.54) is 51.6 Å². The van der Waals surface area contributed by atoms with Crippen molar-refractivity contribution >= 4 is 0 Å². The molecule has 3 heteroatoms. The van der Waals surface area contributed by atoms with E-state index in [4.69, 9.17) is 0 Å². The van der Waals surface area contributed by atoms with Gasteiger partial charge in [-0.15, -0.1) is 0 Å². The fraction of sp³-hybridized carbons (Fsp3) is 1.00. The molecule has 2 aliphatic carbocycles. The SMILES string of the molecule is CC(C)C1CCC2(CC1)CN(C1CCC(N=O)CC1)C2. The van der Waals surface area contributed by atoms with Crippen molar-refractivity contribution in [2.24, 2.45) is 22.4 Å². The lowest BCUT2D eigenvalue weighted by molar-refractivity contribution is -0.0737. The van der Waals surface area contributed by atoms with Gasteiger partial charge in [0.15, 0.2) is 0 Å². The number of hydrogen-bond donors (Lipinski definition) is 0. The Morgan fingerprint density at radius 1 is 1.00 bits per heavy atom. The van der Waals surface area contributed by atoms with Gasteiger partial charge in [0, 0.05) is 19.1 Å². The normalized spacial score (nSPS) is 35.1. The first-order valence-electron chi connectivity index (χ1n) is 8.68. The molecular formula is C17H30N2O. The maximum absolute atomic E-state index is 10.6. The van der Waals surface area contributed by atoms with Crippen molar-refractivity contribution in [2.45, 2.75) is 77.3 Å². The number of hydrogen-bond acceptors (Lipinski definition) is 3. The van der Waals surface area contributed by atoms with Gasteiger partial charge in [0.05, 0.1) is 6.04 Å². The summed E-state index contributed by atoms with van der Waals surface area (Å²) in [6.07, 6.45) is 10.2. The molecule has 3 rings (SSSR count). The van der Waals surface area contributed by atoms with Gasteiger partial charge in [-0.1, -0.05) is 19.0 Å². The second kappa shape index (κ2) is 5.75. The Bertz CT molecular complexity index is 331. The molecule has 0 N–H and O–H groups in total. The first kappa shape index (κ1) is 14.5. The Morgan fingerprint density at radius 2 is 1.60 bits per heavy atom. The van der Waals surface area contributed by atoms with E-state index in [0.717, 1.165) is 30.7 Å². The van der Waals surface area contributed by atoms with Crippen LogP contribution in [0.4, 0.5) is 0 Å². The summed E-state index contributed by atoms with van der Waals surface area (Å²) < 4.78 is 0. The summed E-state index contributed by atoms with van der Waals surface area (Å²) in [7, 11) is 0. The summed E-state index contributed by atoms with van der Waals surface area (Å²) in [4.78, 5) is 13.3. The van der Waals surface area contributed by atoms with Crippen LogP contribution in [0.1, 0.15) is 65.2 Å². The summed E-state index contributed by atoms with van der Waals surface area (Å²) in [5.74, 6) is 1.85. The van der Waals surface area contributed by atoms with E-state index in [1.54, 1.807) is 0 Å². The van der Waals surface area contributed by atoms with Gasteiger partial charge in [0.25, 0.3) is 0 Å². The van der Waals surface area contributed by atoms with Crippen molar-refractivity contribution in [3.63, 3.8) is 0 Å². The van der Waals surface area contributed by atoms with Crippen LogP contribution in [0.3, 0.4) is 0 Å². The molecule has 3 fully saturated rings. The Labute approximate surface area is 123 Å². The summed E-state index contributed by atoms with van der Waals surface area (Å²) in [6, 6.07) is 0.865. The first-order valence-corrected chi connectivity index (χ1v) is 8.68. The third-order valence-corrected chi connectivity index (χ3v) is 6.44. The molecule has 1 aliphatic heterocycles. The molecule has 114 valence electrons. The van der Waals surface area contributed by atoms with E-state index < -0.39 is 0 Å². The molecule has 3 nitrogen and oxygen atoms in total. The predicted octanol–water partition coefficient (Wildman–Crippen LogP) is 4.21. The molecule has 0 bridgehead atoms. The molecule has 0 amide bonds. The summed E-state index contributed by atoms with van der Waals surface area (Å²) >= 11 is 0. The summed E-state index contributed by atoms with van der Waals surface area (Å²) in [6.45, 7) is 7.44. The molecule has 0 aromatic rings. The van der Waals surface area contributed by atoms with Gasteiger partial charge in [0.1, 0.15) is 0 Å². The minimum absolute atomic E-state index is 0.114. The third-order valence-electron chi connectivity index (χ3n) is 6.44. The van der Waals surface area contributed by atoms with Crippen LogP contribution in [0.2, 0.25) is 0 Å². The van der Waals surface area contributed by atoms with E-state index in [9.17, 15) is 4.91 Å². The summed E-state index contributed by atoms with van der Waals surface area (Å²) in [5, 5.41) is 3.22. The lowest BCUT2D eigenvalue weighted by Gasteiger charge is -2.57. The van der Waals surface area contributed by atoms with Gasteiger partial charge in [-0.2, -0.15) is 4.91 Å². The number of rotatable bonds is 3. The van der Waals surface area contributed by atoms with Gasteiger partial charge in [0.2, 0.25) is 0 Å². The number of nitrogens with zero attached hydrogens (tertiary/aromatic N) is 2. The molecule has 0 aromatic carbocycles. The number of likely N-dealkylation sites (tertiary alicyclic amines) is 1. The molecule has 0 radical (unpaired) electrons. The molecule has 2 saturated carbocycles. The Kier molecular flexibility index (Phi) is 4.16. The van der Waals surface area contributed by atoms with Crippen molar-refractivity contribution in [1.82, 2.24) is 4.90 Å². The van der Waals surface area contributed by atoms with Crippen molar-refractivity contribution in [3.8, 4) is 0 Å². The lowest BCUT2D eigenvalue weighted by Crippen LogP contribution is -2.61. The quantitative estimate of drug-likeness (QED) is 0.724. The fourth-order valence-corrected chi connectivity index (χ4v) is 4.84. The fourth-order valence-electron chi connectivity index (χ4n) is 4.84. The van der Waals surface area contributed by atoms with E-state index in [-0.39, 0.29) is 6.04 Å². The van der Waals surface area contributed by atoms with Gasteiger partial charge >= 0.3 is 0 Å². The van der Waals surface area contributed by atoms with E-state index in [1.807, 2.05) is 0 Å². The van der Waals surface area contributed by atoms with Crippen molar-refractivity contribution in [2.75, 3.05) is 13.1 Å². The highest BCUT2D eigenvalue weighted by Crippen LogP contribution is 2.48. The van der Waals surface area contributed by atoms with E-state index in [2.05, 4.69) is 23.9 Å². The van der Waals surface area contributed by atoms with Crippen molar-refractivity contribution < 1.29 is 0 Å². The summed E-state index contributed by atoms with van der Waals surface area (Å²) in [5.41, 5.74) is 0.672. The zero-order valence-electron chi connectivity index (χ0n) is 13.2. The highest BCUT2D eigenvalue weighted by atomic mass is 16.3. The topological polar surface area (TPSA) is 32.7 Å². The highest BCUT2D eigenvalue weighted by molar-refractivity contribution is 5.01. The van der Waals surface area contributed by atoms with Gasteiger partial charge in [-0.3, -0.25) is 4.90 Å². The average Bonchev–Trinajstić information content (AvgIpc) is 2.45. The minimum atomic E-state index is 0.114. The standard InChI is InChI=1S/C17H30N2O/c1-13(2)14-7-9-17(10-8-14)11-19(12-17)16-5-3-15(18-20)4-6-16/h13-16H,3-12H2,1-2H3. The minimum Gasteiger partial charge on any atom is -0.299 e. The maximum Gasteiger partial charge on any atom is 0.0921 e. The molecule has 1 saturated heterocycles. The molecule has 0 unspecified atom stereocenters. The zero-order valence-corrected chi connectivity index (χ0v) is 13.2. The highest BCUT2D eigenvalue weighted by Gasteiger charge is 2.47. The predicted molar refractivity (Wildman–Crippen MR) is 82.6 cm³/mol. The second-order valence-electron chi connectivity index (χ2n) is 8.05. The van der Waals surface area contributed by atoms with Crippen LogP contribution in [0.25, 0.3) is 0 Å². The van der Waals surface area contributed by atoms with Crippen molar-refractivity contribution in [3.05, 3.63) is 4.91 Å². The molecule has 3 aliphatic rings. The van der Waals surface area contributed by atoms with Crippen LogP contribution in [0.5, 0.6) is 0 Å². The molecule has 0 aromatic heterocycles. The van der Waals surface area contributed by atoms with Crippen LogP contribution >= 0.6 is 0 Å². The smallest absolute Gasteiger partial charge is 0.0921 e. The van der Waals surface area contributed by atoms with E-state index >= 15 is 0 Å². The van der Waals surface area contributed by atoms with Crippen LogP contribution in [-0.2, 0) is 0 Å². The van der Waals surface area contributed by atoms with Crippen LogP contribution in [0, 0.1) is 22.2 Å². The van der Waals surface area contributed by atoms with Gasteiger partial charge in [-0.05, 0) is 68.6 Å². The van der Waals surface area contributed by atoms with Crippen LogP contribution in [0.15, 0.2) is 5.18 Å². The second-order valence-corrected chi connectivity index (χ2v) is 8.05. The maximum atomic E-state index is 10.6. The van der Waals surface area contributed by atoms with Gasteiger partial charge in [-0.25, -0.2) is 0 Å². The zero-order chi connectivity index (χ0) is 14.2. The van der Waals surface area contributed by atoms with E-state index in [0.29, 0.717) is 5.41 Å². The monoisotopic (exact) mass is 278 g/mol. The average molecular weight is 278 g/mol. The van der Waals surface area contributed by atoms with Crippen LogP contribution in [-0.4, -0.2) is 30.1 Å². The largest absolute Gasteiger partial charge is 0.299 e. The Balaban J connectivity index is 1.44. The molecule has 1 heterocycles. The third kappa shape index (κ3) is 2.79. The van der Waals surface area contributed by atoms with Crippen molar-refractivity contribution in [1.29, 1.82) is 0 Å². The lowest BCUT2D eigenvalue weighted by atomic mass is 9.63. The molecule has 1 spiro atoms. The van der Waals surface area contributed by atoms with Crippen LogP contribution < -0.4 is 0 Å². The molecular weight excluding hydrogens is 248 g/mol. The first-order chi connectivity index (χ1) is 9.62. The Morgan fingerprint density at radius 3 is 2.10 bits per heavy atom.